The molecule has 2 heterocycles. The van der Waals surface area contributed by atoms with Gasteiger partial charge in [-0.3, -0.25) is 0 Å². The van der Waals surface area contributed by atoms with Gasteiger partial charge in [0.25, 0.3) is 0 Å². The number of nitrogens with one attached hydrogen (secondary N) is 1. The van der Waals surface area contributed by atoms with Crippen molar-refractivity contribution < 1.29 is 8.42 Å². The first kappa shape index (κ1) is 20.5. The molecular formula is C15H19Cl3N4O2S. The van der Waals surface area contributed by atoms with E-state index >= 15 is 0 Å². The smallest absolute Gasteiger partial charge is 0.243 e. The van der Waals surface area contributed by atoms with E-state index in [9.17, 15) is 8.42 Å². The Labute approximate surface area is 163 Å². The van der Waals surface area contributed by atoms with Gasteiger partial charge in [-0.1, -0.05) is 23.2 Å². The molecular weight excluding hydrogens is 407 g/mol. The van der Waals surface area contributed by atoms with Gasteiger partial charge in [-0.15, -0.1) is 12.4 Å². The Bertz CT molecular complexity index is 846. The zero-order valence-electron chi connectivity index (χ0n) is 13.7. The highest BCUT2D eigenvalue weighted by atomic mass is 35.5. The summed E-state index contributed by atoms with van der Waals surface area (Å²) < 4.78 is 29.6. The lowest BCUT2D eigenvalue weighted by molar-refractivity contribution is 0.258. The van der Waals surface area contributed by atoms with Crippen molar-refractivity contribution >= 4 is 45.6 Å². The average molecular weight is 426 g/mol. The van der Waals surface area contributed by atoms with Gasteiger partial charge < -0.3 is 9.88 Å². The summed E-state index contributed by atoms with van der Waals surface area (Å²) >= 11 is 12.3. The highest BCUT2D eigenvalue weighted by molar-refractivity contribution is 7.89. The predicted molar refractivity (Wildman–Crippen MR) is 101 cm³/mol. The van der Waals surface area contributed by atoms with Crippen LogP contribution in [-0.2, 0) is 17.1 Å². The summed E-state index contributed by atoms with van der Waals surface area (Å²) in [5.41, 5.74) is 0.665. The number of benzene rings is 1. The molecule has 0 radical (unpaired) electrons. The lowest BCUT2D eigenvalue weighted by Gasteiger charge is -2.34. The van der Waals surface area contributed by atoms with E-state index in [1.54, 1.807) is 19.3 Å². The van der Waals surface area contributed by atoms with Crippen LogP contribution in [0.4, 0.5) is 0 Å². The van der Waals surface area contributed by atoms with E-state index in [1.165, 1.54) is 16.4 Å². The third kappa shape index (κ3) is 3.82. The van der Waals surface area contributed by atoms with Crippen LogP contribution in [0.1, 0.15) is 17.4 Å². The standard InChI is InChI=1S/C15H18Cl2N4O2S.ClH/c1-10-12(16)7-11(8-13(10)17)24(22,23)21-6-3-18-9-14(21)15-19-4-5-20(15)2;/h4-5,7-8,14,18H,3,6,9H2,1-2H3;1H. The second-order valence-corrected chi connectivity index (χ2v) is 8.45. The molecule has 1 atom stereocenters. The zero-order chi connectivity index (χ0) is 17.5. The summed E-state index contributed by atoms with van der Waals surface area (Å²) in [6.07, 6.45) is 3.46. The molecule has 1 aliphatic heterocycles. The van der Waals surface area contributed by atoms with Crippen molar-refractivity contribution in [1.29, 1.82) is 0 Å². The molecule has 25 heavy (non-hydrogen) atoms. The molecule has 138 valence electrons. The van der Waals surface area contributed by atoms with Crippen LogP contribution in [0.3, 0.4) is 0 Å². The first-order valence-electron chi connectivity index (χ1n) is 7.48. The number of sulfonamides is 1. The van der Waals surface area contributed by atoms with Crippen molar-refractivity contribution in [3.05, 3.63) is 46.0 Å². The SMILES string of the molecule is Cc1c(Cl)cc(S(=O)(=O)N2CCNCC2c2nccn2C)cc1Cl.Cl. The van der Waals surface area contributed by atoms with Gasteiger partial charge in [0, 0.05) is 49.1 Å². The number of aryl methyl sites for hydroxylation is 1. The fourth-order valence-electron chi connectivity index (χ4n) is 2.80. The van der Waals surface area contributed by atoms with Crippen LogP contribution in [0.25, 0.3) is 0 Å². The van der Waals surface area contributed by atoms with Gasteiger partial charge in [0.1, 0.15) is 5.82 Å². The molecule has 1 aromatic heterocycles. The Kier molecular flexibility index (Phi) is 6.40. The van der Waals surface area contributed by atoms with Gasteiger partial charge in [0.2, 0.25) is 10.0 Å². The number of halogens is 3. The molecule has 0 bridgehead atoms. The van der Waals surface area contributed by atoms with Crippen molar-refractivity contribution in [2.75, 3.05) is 19.6 Å². The van der Waals surface area contributed by atoms with E-state index in [-0.39, 0.29) is 23.3 Å². The van der Waals surface area contributed by atoms with E-state index < -0.39 is 10.0 Å². The molecule has 0 aliphatic carbocycles. The van der Waals surface area contributed by atoms with E-state index in [2.05, 4.69) is 10.3 Å². The number of hydrogen-bond acceptors (Lipinski definition) is 4. The zero-order valence-corrected chi connectivity index (χ0v) is 16.9. The van der Waals surface area contributed by atoms with Crippen LogP contribution in [0.5, 0.6) is 0 Å². The van der Waals surface area contributed by atoms with E-state index in [0.29, 0.717) is 41.1 Å². The Morgan fingerprint density at radius 3 is 2.48 bits per heavy atom. The van der Waals surface area contributed by atoms with Gasteiger partial charge in [-0.25, -0.2) is 13.4 Å². The lowest BCUT2D eigenvalue weighted by atomic mass is 10.2. The topological polar surface area (TPSA) is 67.2 Å². The normalized spacial score (nSPS) is 18.8. The first-order valence-corrected chi connectivity index (χ1v) is 9.67. The summed E-state index contributed by atoms with van der Waals surface area (Å²) in [5.74, 6) is 0.690. The predicted octanol–water partition coefficient (Wildman–Crippen LogP) is 2.79. The highest BCUT2D eigenvalue weighted by Crippen LogP contribution is 2.32. The maximum absolute atomic E-state index is 13.2. The molecule has 1 unspecified atom stereocenters. The largest absolute Gasteiger partial charge is 0.337 e. The van der Waals surface area contributed by atoms with Crippen molar-refractivity contribution in [1.82, 2.24) is 19.2 Å². The lowest BCUT2D eigenvalue weighted by Crippen LogP contribution is -2.49. The molecule has 3 rings (SSSR count). The quantitative estimate of drug-likeness (QED) is 0.821. The minimum absolute atomic E-state index is 0. The Balaban J connectivity index is 0.00000225. The monoisotopic (exact) mass is 424 g/mol. The van der Waals surface area contributed by atoms with E-state index in [4.69, 9.17) is 23.2 Å². The maximum Gasteiger partial charge on any atom is 0.243 e. The Morgan fingerprint density at radius 1 is 1.28 bits per heavy atom. The molecule has 1 N–H and O–H groups in total. The number of imidazole rings is 1. The Morgan fingerprint density at radius 2 is 1.92 bits per heavy atom. The molecule has 6 nitrogen and oxygen atoms in total. The van der Waals surface area contributed by atoms with Crippen LogP contribution in [0.2, 0.25) is 10.0 Å². The van der Waals surface area contributed by atoms with Crippen molar-refractivity contribution in [2.24, 2.45) is 7.05 Å². The molecule has 0 spiro atoms. The summed E-state index contributed by atoms with van der Waals surface area (Å²) in [7, 11) is -1.90. The fraction of sp³-hybridized carbons (Fsp3) is 0.400. The third-order valence-electron chi connectivity index (χ3n) is 4.21. The molecule has 1 aliphatic rings. The average Bonchev–Trinajstić information content (AvgIpc) is 2.98. The molecule has 1 saturated heterocycles. The van der Waals surface area contributed by atoms with Crippen LogP contribution in [0.15, 0.2) is 29.4 Å². The molecule has 1 fully saturated rings. The van der Waals surface area contributed by atoms with E-state index in [1.807, 2.05) is 11.6 Å². The van der Waals surface area contributed by atoms with Crippen molar-refractivity contribution in [3.8, 4) is 0 Å². The van der Waals surface area contributed by atoms with Crippen molar-refractivity contribution in [2.45, 2.75) is 17.9 Å². The third-order valence-corrected chi connectivity index (χ3v) is 6.88. The van der Waals surface area contributed by atoms with Gasteiger partial charge in [0.15, 0.2) is 0 Å². The summed E-state index contributed by atoms with van der Waals surface area (Å²) in [6.45, 7) is 3.18. The maximum atomic E-state index is 13.2. The van der Waals surface area contributed by atoms with Crippen LogP contribution < -0.4 is 5.32 Å². The summed E-state index contributed by atoms with van der Waals surface area (Å²) in [5, 5.41) is 3.90. The minimum Gasteiger partial charge on any atom is -0.337 e. The highest BCUT2D eigenvalue weighted by Gasteiger charge is 2.36. The van der Waals surface area contributed by atoms with E-state index in [0.717, 1.165) is 0 Å². The van der Waals surface area contributed by atoms with Crippen LogP contribution >= 0.6 is 35.6 Å². The molecule has 0 amide bonds. The number of aromatic nitrogens is 2. The Hall–Kier alpha value is -0.830. The van der Waals surface area contributed by atoms with Gasteiger partial charge >= 0.3 is 0 Å². The molecule has 0 saturated carbocycles. The fourth-order valence-corrected chi connectivity index (χ4v) is 5.05. The van der Waals surface area contributed by atoms with Crippen LogP contribution in [-0.4, -0.2) is 41.9 Å². The minimum atomic E-state index is -3.74. The number of nitrogens with zero attached hydrogens (tertiary/aromatic N) is 3. The van der Waals surface area contributed by atoms with Crippen molar-refractivity contribution in [3.63, 3.8) is 0 Å². The summed E-state index contributed by atoms with van der Waals surface area (Å²) in [6, 6.07) is 2.52. The second kappa shape index (κ2) is 7.82. The summed E-state index contributed by atoms with van der Waals surface area (Å²) in [4.78, 5) is 4.41. The molecule has 10 heteroatoms. The van der Waals surface area contributed by atoms with Gasteiger partial charge in [-0.05, 0) is 24.6 Å². The number of piperazine rings is 1. The molecule has 2 aromatic rings. The number of hydrogen-bond donors (Lipinski definition) is 1. The second-order valence-electron chi connectivity index (χ2n) is 5.74. The number of rotatable bonds is 3. The van der Waals surface area contributed by atoms with Crippen LogP contribution in [0, 0.1) is 6.92 Å². The van der Waals surface area contributed by atoms with Gasteiger partial charge in [-0.2, -0.15) is 4.31 Å². The molecule has 1 aromatic carbocycles. The first-order chi connectivity index (χ1) is 11.3. The van der Waals surface area contributed by atoms with Gasteiger partial charge in [0.05, 0.1) is 10.9 Å².